The first-order valence-corrected chi connectivity index (χ1v) is 7.71. The van der Waals surface area contributed by atoms with E-state index in [9.17, 15) is 9.59 Å². The molecule has 0 aromatic rings. The van der Waals surface area contributed by atoms with E-state index in [1.807, 2.05) is 4.90 Å². The molecule has 0 aromatic heterocycles. The summed E-state index contributed by atoms with van der Waals surface area (Å²) in [5, 5.41) is 8.55. The van der Waals surface area contributed by atoms with Crippen LogP contribution in [0.1, 0.15) is 46.0 Å². The topological polar surface area (TPSA) is 60.9 Å². The van der Waals surface area contributed by atoms with Crippen molar-refractivity contribution in [1.29, 1.82) is 0 Å². The lowest BCUT2D eigenvalue weighted by molar-refractivity contribution is -0.138. The Morgan fingerprint density at radius 3 is 2.20 bits per heavy atom. The zero-order chi connectivity index (χ0) is 15.0. The molecule has 0 saturated carbocycles. The lowest BCUT2D eigenvalue weighted by Crippen LogP contribution is -2.48. The number of carboxylic acid groups (broad SMARTS) is 1. The van der Waals surface area contributed by atoms with Gasteiger partial charge in [-0.25, -0.2) is 0 Å². The summed E-state index contributed by atoms with van der Waals surface area (Å²) < 4.78 is 0. The van der Waals surface area contributed by atoms with E-state index < -0.39 is 5.97 Å². The van der Waals surface area contributed by atoms with Gasteiger partial charge in [-0.15, -0.1) is 0 Å². The molecule has 116 valence electrons. The highest BCUT2D eigenvalue weighted by Gasteiger charge is 2.20. The number of amides is 1. The summed E-state index contributed by atoms with van der Waals surface area (Å²) in [7, 11) is 0. The molecule has 0 aromatic carbocycles. The van der Waals surface area contributed by atoms with E-state index in [0.29, 0.717) is 19.3 Å². The van der Waals surface area contributed by atoms with Crippen LogP contribution in [0.4, 0.5) is 0 Å². The summed E-state index contributed by atoms with van der Waals surface area (Å²) in [6.07, 6.45) is 3.13. The maximum Gasteiger partial charge on any atom is 0.303 e. The van der Waals surface area contributed by atoms with Crippen molar-refractivity contribution < 1.29 is 14.7 Å². The molecule has 0 atom stereocenters. The minimum absolute atomic E-state index is 0.163. The molecule has 1 amide bonds. The Morgan fingerprint density at radius 2 is 1.65 bits per heavy atom. The van der Waals surface area contributed by atoms with E-state index in [4.69, 9.17) is 5.11 Å². The van der Waals surface area contributed by atoms with E-state index in [0.717, 1.165) is 38.6 Å². The Bertz CT molecular complexity index is 310. The molecule has 20 heavy (non-hydrogen) atoms. The molecule has 1 heterocycles. The van der Waals surface area contributed by atoms with Crippen LogP contribution in [0.3, 0.4) is 0 Å². The van der Waals surface area contributed by atoms with Gasteiger partial charge in [0.2, 0.25) is 5.91 Å². The van der Waals surface area contributed by atoms with Gasteiger partial charge >= 0.3 is 5.97 Å². The van der Waals surface area contributed by atoms with Crippen LogP contribution in [-0.2, 0) is 9.59 Å². The highest BCUT2D eigenvalue weighted by Crippen LogP contribution is 2.09. The first-order valence-electron chi connectivity index (χ1n) is 7.71. The average molecular weight is 284 g/mol. The first kappa shape index (κ1) is 17.0. The van der Waals surface area contributed by atoms with Gasteiger partial charge in [-0.3, -0.25) is 14.5 Å². The molecule has 0 bridgehead atoms. The molecule has 0 aliphatic carbocycles. The third-order valence-electron chi connectivity index (χ3n) is 3.78. The molecule has 5 heteroatoms. The zero-order valence-electron chi connectivity index (χ0n) is 12.8. The number of carboxylic acids is 1. The monoisotopic (exact) mass is 284 g/mol. The van der Waals surface area contributed by atoms with Crippen molar-refractivity contribution in [1.82, 2.24) is 9.80 Å². The molecule has 1 fully saturated rings. The largest absolute Gasteiger partial charge is 0.481 e. The van der Waals surface area contributed by atoms with Crippen LogP contribution in [0.2, 0.25) is 0 Å². The second-order valence-electron chi connectivity index (χ2n) is 6.01. The minimum atomic E-state index is -0.781. The number of carbonyl (C=O) groups is 2. The number of unbranched alkanes of at least 4 members (excludes halogenated alkanes) is 1. The summed E-state index contributed by atoms with van der Waals surface area (Å²) >= 11 is 0. The minimum Gasteiger partial charge on any atom is -0.481 e. The van der Waals surface area contributed by atoms with Crippen molar-refractivity contribution in [2.45, 2.75) is 46.0 Å². The normalized spacial score (nSPS) is 16.6. The quantitative estimate of drug-likeness (QED) is 0.691. The highest BCUT2D eigenvalue weighted by atomic mass is 16.4. The lowest BCUT2D eigenvalue weighted by Gasteiger charge is -2.35. The number of piperazine rings is 1. The van der Waals surface area contributed by atoms with E-state index in [2.05, 4.69) is 18.7 Å². The summed E-state index contributed by atoms with van der Waals surface area (Å²) in [5.74, 6) is 0.124. The lowest BCUT2D eigenvalue weighted by atomic mass is 10.1. The van der Waals surface area contributed by atoms with Gasteiger partial charge in [-0.2, -0.15) is 0 Å². The van der Waals surface area contributed by atoms with Crippen molar-refractivity contribution in [3.05, 3.63) is 0 Å². The fraction of sp³-hybridized carbons (Fsp3) is 0.867. The summed E-state index contributed by atoms with van der Waals surface area (Å²) in [6.45, 7) is 9.15. The van der Waals surface area contributed by atoms with E-state index >= 15 is 0 Å². The second-order valence-corrected chi connectivity index (χ2v) is 6.01. The van der Waals surface area contributed by atoms with Crippen molar-refractivity contribution in [3.8, 4) is 0 Å². The van der Waals surface area contributed by atoms with Gasteiger partial charge in [0.15, 0.2) is 0 Å². The summed E-state index contributed by atoms with van der Waals surface area (Å²) in [5.41, 5.74) is 0. The van der Waals surface area contributed by atoms with Crippen molar-refractivity contribution in [3.63, 3.8) is 0 Å². The number of hydrogen-bond donors (Lipinski definition) is 1. The molecular formula is C15H28N2O3. The van der Waals surface area contributed by atoms with Crippen LogP contribution in [0.5, 0.6) is 0 Å². The average Bonchev–Trinajstić information content (AvgIpc) is 2.41. The van der Waals surface area contributed by atoms with Gasteiger partial charge < -0.3 is 10.0 Å². The maximum atomic E-state index is 12.0. The molecule has 1 aliphatic rings. The SMILES string of the molecule is CC(C)CCN1CCN(C(=O)CCCCC(=O)O)CC1. The number of hydrogen-bond acceptors (Lipinski definition) is 3. The third kappa shape index (κ3) is 6.89. The van der Waals surface area contributed by atoms with Crippen LogP contribution >= 0.6 is 0 Å². The number of carbonyl (C=O) groups excluding carboxylic acids is 1. The van der Waals surface area contributed by atoms with E-state index in [-0.39, 0.29) is 12.3 Å². The molecule has 0 spiro atoms. The standard InChI is InChI=1S/C15H28N2O3/c1-13(2)7-8-16-9-11-17(12-10-16)14(18)5-3-4-6-15(19)20/h13H,3-12H2,1-2H3,(H,19,20). The van der Waals surface area contributed by atoms with Crippen LogP contribution in [0, 0.1) is 5.92 Å². The van der Waals surface area contributed by atoms with Gasteiger partial charge in [0.1, 0.15) is 0 Å². The van der Waals surface area contributed by atoms with Crippen molar-refractivity contribution >= 4 is 11.9 Å². The Kier molecular flexibility index (Phi) is 7.59. The van der Waals surface area contributed by atoms with Crippen LogP contribution in [-0.4, -0.2) is 59.5 Å². The van der Waals surface area contributed by atoms with E-state index in [1.165, 1.54) is 6.42 Å². The van der Waals surface area contributed by atoms with Crippen molar-refractivity contribution in [2.75, 3.05) is 32.7 Å². The first-order chi connectivity index (χ1) is 9.49. The van der Waals surface area contributed by atoms with Crippen LogP contribution < -0.4 is 0 Å². The summed E-state index contributed by atoms with van der Waals surface area (Å²) in [6, 6.07) is 0. The van der Waals surface area contributed by atoms with Crippen LogP contribution in [0.25, 0.3) is 0 Å². The van der Waals surface area contributed by atoms with Gasteiger partial charge in [0, 0.05) is 39.0 Å². The van der Waals surface area contributed by atoms with E-state index in [1.54, 1.807) is 0 Å². The molecule has 0 radical (unpaired) electrons. The summed E-state index contributed by atoms with van der Waals surface area (Å²) in [4.78, 5) is 26.7. The Hall–Kier alpha value is -1.10. The highest BCUT2D eigenvalue weighted by molar-refractivity contribution is 5.76. The Balaban J connectivity index is 2.14. The second kappa shape index (κ2) is 8.95. The predicted octanol–water partition coefficient (Wildman–Crippen LogP) is 1.82. The maximum absolute atomic E-state index is 12.0. The molecule has 1 saturated heterocycles. The number of rotatable bonds is 8. The van der Waals surface area contributed by atoms with Gasteiger partial charge in [0.05, 0.1) is 0 Å². The van der Waals surface area contributed by atoms with Crippen molar-refractivity contribution in [2.24, 2.45) is 5.92 Å². The molecule has 1 rings (SSSR count). The molecule has 1 aliphatic heterocycles. The Morgan fingerprint density at radius 1 is 1.05 bits per heavy atom. The number of aliphatic carboxylic acids is 1. The number of nitrogens with zero attached hydrogens (tertiary/aromatic N) is 2. The van der Waals surface area contributed by atoms with Gasteiger partial charge in [0.25, 0.3) is 0 Å². The molecule has 1 N–H and O–H groups in total. The predicted molar refractivity (Wildman–Crippen MR) is 78.6 cm³/mol. The molecule has 5 nitrogen and oxygen atoms in total. The fourth-order valence-electron chi connectivity index (χ4n) is 2.37. The third-order valence-corrected chi connectivity index (χ3v) is 3.78. The van der Waals surface area contributed by atoms with Gasteiger partial charge in [-0.05, 0) is 31.7 Å². The smallest absolute Gasteiger partial charge is 0.303 e. The van der Waals surface area contributed by atoms with Gasteiger partial charge in [-0.1, -0.05) is 13.8 Å². The van der Waals surface area contributed by atoms with Crippen LogP contribution in [0.15, 0.2) is 0 Å². The Labute approximate surface area is 121 Å². The fourth-order valence-corrected chi connectivity index (χ4v) is 2.37. The zero-order valence-corrected chi connectivity index (χ0v) is 12.8. The molecule has 0 unspecified atom stereocenters. The molecular weight excluding hydrogens is 256 g/mol.